The zero-order chi connectivity index (χ0) is 11.8. The molecule has 0 aromatic carbocycles. The van der Waals surface area contributed by atoms with Crippen LogP contribution in [0.3, 0.4) is 0 Å². The quantitative estimate of drug-likeness (QED) is 0.819. The van der Waals surface area contributed by atoms with Crippen LogP contribution in [0.15, 0.2) is 24.8 Å². The maximum atomic E-state index is 6.03. The van der Waals surface area contributed by atoms with Crippen molar-refractivity contribution in [2.45, 2.75) is 26.3 Å². The molecule has 0 unspecified atom stereocenters. The summed E-state index contributed by atoms with van der Waals surface area (Å²) in [6.07, 6.45) is 5.17. The fraction of sp³-hybridized carbons (Fsp3) is 0.364. The van der Waals surface area contributed by atoms with E-state index in [4.69, 9.17) is 5.73 Å². The molecule has 0 saturated heterocycles. The van der Waals surface area contributed by atoms with Gasteiger partial charge in [0.2, 0.25) is 5.95 Å². The summed E-state index contributed by atoms with van der Waals surface area (Å²) >= 11 is 0. The third-order valence-electron chi connectivity index (χ3n) is 2.24. The van der Waals surface area contributed by atoms with E-state index in [9.17, 15) is 0 Å². The van der Waals surface area contributed by atoms with Crippen molar-refractivity contribution in [2.75, 3.05) is 0 Å². The summed E-state index contributed by atoms with van der Waals surface area (Å²) in [7, 11) is 0. The standard InChI is InChI=1S/C11H15N5/c1-8-6-9(11(2,3)12)15-10(14-8)16-5-4-13-7-16/h4-7H,12H2,1-3H3. The lowest BCUT2D eigenvalue weighted by Crippen LogP contribution is -2.30. The van der Waals surface area contributed by atoms with Crippen LogP contribution in [0.5, 0.6) is 0 Å². The molecule has 2 heterocycles. The predicted octanol–water partition coefficient (Wildman–Crippen LogP) is 1.16. The molecule has 5 heteroatoms. The highest BCUT2D eigenvalue weighted by Crippen LogP contribution is 2.16. The van der Waals surface area contributed by atoms with E-state index >= 15 is 0 Å². The molecule has 2 aromatic rings. The Kier molecular flexibility index (Phi) is 2.47. The smallest absolute Gasteiger partial charge is 0.235 e. The molecular weight excluding hydrogens is 202 g/mol. The van der Waals surface area contributed by atoms with Crippen LogP contribution in [0.1, 0.15) is 25.2 Å². The molecule has 0 amide bonds. The molecule has 0 atom stereocenters. The largest absolute Gasteiger partial charge is 0.321 e. The normalized spacial score (nSPS) is 11.8. The lowest BCUT2D eigenvalue weighted by Gasteiger charge is -2.18. The molecule has 84 valence electrons. The van der Waals surface area contributed by atoms with Crippen molar-refractivity contribution in [3.8, 4) is 5.95 Å². The molecule has 0 saturated carbocycles. The zero-order valence-corrected chi connectivity index (χ0v) is 9.68. The molecule has 0 fully saturated rings. The van der Waals surface area contributed by atoms with Crippen molar-refractivity contribution in [1.82, 2.24) is 19.5 Å². The molecule has 0 aliphatic heterocycles. The summed E-state index contributed by atoms with van der Waals surface area (Å²) in [6.45, 7) is 5.77. The first kappa shape index (κ1) is 10.8. The second-order valence-electron chi connectivity index (χ2n) is 4.39. The third kappa shape index (κ3) is 2.09. The number of imidazole rings is 1. The predicted molar refractivity (Wildman–Crippen MR) is 61.1 cm³/mol. The van der Waals surface area contributed by atoms with Crippen molar-refractivity contribution in [3.05, 3.63) is 36.2 Å². The van der Waals surface area contributed by atoms with Crippen LogP contribution in [-0.4, -0.2) is 19.5 Å². The van der Waals surface area contributed by atoms with Crippen LogP contribution in [0.25, 0.3) is 5.95 Å². The van der Waals surface area contributed by atoms with Crippen molar-refractivity contribution in [1.29, 1.82) is 0 Å². The Hall–Kier alpha value is -1.75. The molecule has 0 bridgehead atoms. The first-order valence-electron chi connectivity index (χ1n) is 5.10. The number of aryl methyl sites for hydroxylation is 1. The molecule has 2 aromatic heterocycles. The third-order valence-corrected chi connectivity index (χ3v) is 2.24. The SMILES string of the molecule is Cc1cc(C(C)(C)N)nc(-n2ccnc2)n1. The van der Waals surface area contributed by atoms with Crippen molar-refractivity contribution >= 4 is 0 Å². The molecule has 2 N–H and O–H groups in total. The Balaban J connectivity index is 2.53. The van der Waals surface area contributed by atoms with Crippen LogP contribution in [0, 0.1) is 6.92 Å². The molecule has 2 rings (SSSR count). The molecule has 0 spiro atoms. The van der Waals surface area contributed by atoms with E-state index in [0.29, 0.717) is 5.95 Å². The van der Waals surface area contributed by atoms with E-state index in [1.165, 1.54) is 0 Å². The highest BCUT2D eigenvalue weighted by molar-refractivity contribution is 5.22. The van der Waals surface area contributed by atoms with Crippen LogP contribution in [0.2, 0.25) is 0 Å². The summed E-state index contributed by atoms with van der Waals surface area (Å²) in [4.78, 5) is 12.8. The molecular formula is C11H15N5. The monoisotopic (exact) mass is 217 g/mol. The van der Waals surface area contributed by atoms with E-state index in [1.807, 2.05) is 33.0 Å². The number of nitrogens with two attached hydrogens (primary N) is 1. The number of aromatic nitrogens is 4. The lowest BCUT2D eigenvalue weighted by atomic mass is 10.0. The number of hydrogen-bond donors (Lipinski definition) is 1. The van der Waals surface area contributed by atoms with Crippen LogP contribution in [-0.2, 0) is 5.54 Å². The Morgan fingerprint density at radius 1 is 1.31 bits per heavy atom. The zero-order valence-electron chi connectivity index (χ0n) is 9.68. The Morgan fingerprint density at radius 2 is 2.06 bits per heavy atom. The van der Waals surface area contributed by atoms with Crippen molar-refractivity contribution < 1.29 is 0 Å². The van der Waals surface area contributed by atoms with Gasteiger partial charge in [0.1, 0.15) is 6.33 Å². The molecule has 16 heavy (non-hydrogen) atoms. The van der Waals surface area contributed by atoms with E-state index in [-0.39, 0.29) is 0 Å². The summed E-state index contributed by atoms with van der Waals surface area (Å²) in [6, 6.07) is 1.90. The number of nitrogens with zero attached hydrogens (tertiary/aromatic N) is 4. The van der Waals surface area contributed by atoms with E-state index < -0.39 is 5.54 Å². The molecule has 0 aliphatic rings. The van der Waals surface area contributed by atoms with Crippen molar-refractivity contribution in [3.63, 3.8) is 0 Å². The van der Waals surface area contributed by atoms with Gasteiger partial charge >= 0.3 is 0 Å². The van der Waals surface area contributed by atoms with Gasteiger partial charge in [-0.1, -0.05) is 0 Å². The average Bonchev–Trinajstić information content (AvgIpc) is 2.68. The highest BCUT2D eigenvalue weighted by Gasteiger charge is 2.17. The van der Waals surface area contributed by atoms with Gasteiger partial charge in [0.05, 0.1) is 11.2 Å². The first-order valence-corrected chi connectivity index (χ1v) is 5.10. The highest BCUT2D eigenvalue weighted by atomic mass is 15.2. The van der Waals surface area contributed by atoms with Crippen LogP contribution >= 0.6 is 0 Å². The van der Waals surface area contributed by atoms with Gasteiger partial charge in [-0.15, -0.1) is 0 Å². The molecule has 0 radical (unpaired) electrons. The minimum Gasteiger partial charge on any atom is -0.321 e. The second kappa shape index (κ2) is 3.68. The van der Waals surface area contributed by atoms with E-state index in [0.717, 1.165) is 11.4 Å². The van der Waals surface area contributed by atoms with Crippen molar-refractivity contribution in [2.24, 2.45) is 5.73 Å². The number of rotatable bonds is 2. The summed E-state index contributed by atoms with van der Waals surface area (Å²) < 4.78 is 1.77. The van der Waals surface area contributed by atoms with Gasteiger partial charge in [0.15, 0.2) is 0 Å². The summed E-state index contributed by atoms with van der Waals surface area (Å²) in [5.41, 5.74) is 7.28. The van der Waals surface area contributed by atoms with Gasteiger partial charge in [-0.25, -0.2) is 15.0 Å². The maximum Gasteiger partial charge on any atom is 0.235 e. The Morgan fingerprint density at radius 3 is 2.62 bits per heavy atom. The molecule has 0 aliphatic carbocycles. The lowest BCUT2D eigenvalue weighted by molar-refractivity contribution is 0.530. The second-order valence-corrected chi connectivity index (χ2v) is 4.39. The van der Waals surface area contributed by atoms with Gasteiger partial charge in [-0.3, -0.25) is 4.57 Å². The summed E-state index contributed by atoms with van der Waals surface area (Å²) in [5, 5.41) is 0. The average molecular weight is 217 g/mol. The first-order chi connectivity index (χ1) is 7.47. The fourth-order valence-corrected chi connectivity index (χ4v) is 1.38. The van der Waals surface area contributed by atoms with Gasteiger partial charge in [-0.05, 0) is 26.8 Å². The molecule has 5 nitrogen and oxygen atoms in total. The van der Waals surface area contributed by atoms with Crippen LogP contribution in [0.4, 0.5) is 0 Å². The van der Waals surface area contributed by atoms with Gasteiger partial charge in [0.25, 0.3) is 0 Å². The van der Waals surface area contributed by atoms with Gasteiger partial charge < -0.3 is 5.73 Å². The van der Waals surface area contributed by atoms with Gasteiger partial charge in [-0.2, -0.15) is 0 Å². The maximum absolute atomic E-state index is 6.03. The number of hydrogen-bond acceptors (Lipinski definition) is 4. The van der Waals surface area contributed by atoms with Crippen LogP contribution < -0.4 is 5.73 Å². The van der Waals surface area contributed by atoms with E-state index in [2.05, 4.69) is 15.0 Å². The Bertz CT molecular complexity index is 482. The summed E-state index contributed by atoms with van der Waals surface area (Å²) in [5.74, 6) is 0.603. The van der Waals surface area contributed by atoms with Gasteiger partial charge in [0, 0.05) is 18.1 Å². The van der Waals surface area contributed by atoms with E-state index in [1.54, 1.807) is 17.1 Å². The Labute approximate surface area is 94.4 Å². The topological polar surface area (TPSA) is 69.6 Å². The fourth-order valence-electron chi connectivity index (χ4n) is 1.38. The minimum absolute atomic E-state index is 0.469. The minimum atomic E-state index is -0.469.